The zero-order valence-electron chi connectivity index (χ0n) is 13.2. The van der Waals surface area contributed by atoms with Crippen molar-refractivity contribution in [1.29, 1.82) is 0 Å². The predicted octanol–water partition coefficient (Wildman–Crippen LogP) is 3.09. The Bertz CT molecular complexity index is 1140. The number of fused-ring (bicyclic) bond motifs is 2. The Kier molecular flexibility index (Phi) is 3.06. The van der Waals surface area contributed by atoms with Gasteiger partial charge in [0.1, 0.15) is 0 Å². The van der Waals surface area contributed by atoms with Crippen LogP contribution in [0.3, 0.4) is 0 Å². The van der Waals surface area contributed by atoms with Crippen LogP contribution in [0.15, 0.2) is 41.2 Å². The van der Waals surface area contributed by atoms with Crippen LogP contribution in [-0.2, 0) is 0 Å². The molecule has 2 aromatic heterocycles. The average Bonchev–Trinajstić information content (AvgIpc) is 2.89. The van der Waals surface area contributed by atoms with Crippen molar-refractivity contribution >= 4 is 21.9 Å². The molecule has 2 aromatic carbocycles. The Morgan fingerprint density at radius 1 is 1.12 bits per heavy atom. The molecule has 3 N–H and O–H groups in total. The fourth-order valence-corrected chi connectivity index (χ4v) is 2.94. The summed E-state index contributed by atoms with van der Waals surface area (Å²) in [6, 6.07) is 10.7. The summed E-state index contributed by atoms with van der Waals surface area (Å²) in [5, 5.41) is 10.8. The van der Waals surface area contributed by atoms with Crippen molar-refractivity contribution in [3.63, 3.8) is 0 Å². The number of aromatic amines is 2. The van der Waals surface area contributed by atoms with Gasteiger partial charge in [0.2, 0.25) is 0 Å². The fraction of sp³-hybridized carbons (Fsp3) is 0.111. The molecule has 2 heterocycles. The zero-order valence-corrected chi connectivity index (χ0v) is 13.2. The lowest BCUT2D eigenvalue weighted by Gasteiger charge is -2.03. The summed E-state index contributed by atoms with van der Waals surface area (Å²) >= 11 is 0. The van der Waals surface area contributed by atoms with Crippen molar-refractivity contribution in [1.82, 2.24) is 15.0 Å². The Morgan fingerprint density at radius 2 is 1.92 bits per heavy atom. The standard InChI is InChI=1S/C18H15N3O3/c1-9-10-7-14(22)15(24-2)8-13(10)20-16(9)17-18(23)21-12-6-4-3-5-11(12)19-17/h3-8,20,22H,1-2H3,(H,21,23). The average molecular weight is 321 g/mol. The SMILES string of the molecule is COc1cc2[nH]c(-c3nc4ccccc4[nH]c3=O)c(C)c2cc1O. The molecular formula is C18H15N3O3. The van der Waals surface area contributed by atoms with Gasteiger partial charge in [0.15, 0.2) is 17.2 Å². The third-order valence-electron chi connectivity index (χ3n) is 4.19. The summed E-state index contributed by atoms with van der Waals surface area (Å²) in [5.41, 5.74) is 3.71. The highest BCUT2D eigenvalue weighted by Crippen LogP contribution is 2.35. The van der Waals surface area contributed by atoms with Crippen LogP contribution in [-0.4, -0.2) is 27.2 Å². The van der Waals surface area contributed by atoms with Crippen LogP contribution in [0, 0.1) is 6.92 Å². The third-order valence-corrected chi connectivity index (χ3v) is 4.19. The number of para-hydroxylation sites is 2. The lowest BCUT2D eigenvalue weighted by molar-refractivity contribution is 0.374. The molecule has 0 fully saturated rings. The molecule has 0 saturated heterocycles. The second-order valence-electron chi connectivity index (χ2n) is 5.63. The lowest BCUT2D eigenvalue weighted by atomic mass is 10.1. The normalized spacial score (nSPS) is 11.2. The molecule has 0 atom stereocenters. The number of nitrogens with zero attached hydrogens (tertiary/aromatic N) is 1. The maximum Gasteiger partial charge on any atom is 0.276 e. The maximum atomic E-state index is 12.4. The maximum absolute atomic E-state index is 12.4. The minimum atomic E-state index is -0.264. The number of nitrogens with one attached hydrogen (secondary N) is 2. The molecule has 0 saturated carbocycles. The summed E-state index contributed by atoms with van der Waals surface area (Å²) < 4.78 is 5.14. The Labute approximate surface area is 136 Å². The summed E-state index contributed by atoms with van der Waals surface area (Å²) in [6.07, 6.45) is 0. The molecule has 0 spiro atoms. The molecule has 120 valence electrons. The number of benzene rings is 2. The Morgan fingerprint density at radius 3 is 2.71 bits per heavy atom. The number of rotatable bonds is 2. The van der Waals surface area contributed by atoms with E-state index in [9.17, 15) is 9.90 Å². The highest BCUT2D eigenvalue weighted by molar-refractivity contribution is 5.92. The molecule has 0 aliphatic heterocycles. The number of hydrogen-bond donors (Lipinski definition) is 3. The molecule has 6 heteroatoms. The van der Waals surface area contributed by atoms with E-state index in [2.05, 4.69) is 15.0 Å². The smallest absolute Gasteiger partial charge is 0.276 e. The molecule has 24 heavy (non-hydrogen) atoms. The van der Waals surface area contributed by atoms with Crippen LogP contribution < -0.4 is 10.3 Å². The quantitative estimate of drug-likeness (QED) is 0.529. The number of phenols is 1. The van der Waals surface area contributed by atoms with Gasteiger partial charge in [-0.3, -0.25) is 4.79 Å². The monoisotopic (exact) mass is 321 g/mol. The minimum Gasteiger partial charge on any atom is -0.504 e. The van der Waals surface area contributed by atoms with Crippen LogP contribution in [0.5, 0.6) is 11.5 Å². The van der Waals surface area contributed by atoms with Crippen LogP contribution in [0.25, 0.3) is 33.3 Å². The van der Waals surface area contributed by atoms with Gasteiger partial charge in [0.05, 0.1) is 29.4 Å². The van der Waals surface area contributed by atoms with E-state index < -0.39 is 0 Å². The molecule has 4 aromatic rings. The first-order valence-electron chi connectivity index (χ1n) is 7.47. The Balaban J connectivity index is 2.01. The highest BCUT2D eigenvalue weighted by Gasteiger charge is 2.16. The van der Waals surface area contributed by atoms with Crippen molar-refractivity contribution in [2.45, 2.75) is 6.92 Å². The lowest BCUT2D eigenvalue weighted by Crippen LogP contribution is -2.12. The molecule has 4 rings (SSSR count). The van der Waals surface area contributed by atoms with Gasteiger partial charge in [-0.1, -0.05) is 12.1 Å². The van der Waals surface area contributed by atoms with E-state index in [0.717, 1.165) is 16.5 Å². The minimum absolute atomic E-state index is 0.0547. The van der Waals surface area contributed by atoms with Crippen molar-refractivity contribution in [3.8, 4) is 22.9 Å². The number of ether oxygens (including phenoxy) is 1. The molecular weight excluding hydrogens is 306 g/mol. The molecule has 0 amide bonds. The second-order valence-corrected chi connectivity index (χ2v) is 5.63. The number of aryl methyl sites for hydroxylation is 1. The van der Waals surface area contributed by atoms with Crippen molar-refractivity contribution in [2.24, 2.45) is 0 Å². The molecule has 0 aliphatic carbocycles. The van der Waals surface area contributed by atoms with E-state index in [0.29, 0.717) is 28.2 Å². The van der Waals surface area contributed by atoms with Crippen LogP contribution in [0.2, 0.25) is 0 Å². The largest absolute Gasteiger partial charge is 0.504 e. The first kappa shape index (κ1) is 14.3. The number of phenolic OH excluding ortho intramolecular Hbond substituents is 1. The number of methoxy groups -OCH3 is 1. The molecule has 0 aliphatic rings. The number of aromatic nitrogens is 3. The molecule has 0 radical (unpaired) electrons. The summed E-state index contributed by atoms with van der Waals surface area (Å²) in [5.74, 6) is 0.426. The first-order chi connectivity index (χ1) is 11.6. The van der Waals surface area contributed by atoms with Crippen molar-refractivity contribution in [3.05, 3.63) is 52.3 Å². The van der Waals surface area contributed by atoms with Crippen LogP contribution in [0.4, 0.5) is 0 Å². The number of aromatic hydroxyl groups is 1. The van der Waals surface area contributed by atoms with Crippen molar-refractivity contribution < 1.29 is 9.84 Å². The van der Waals surface area contributed by atoms with Gasteiger partial charge < -0.3 is 19.8 Å². The van der Waals surface area contributed by atoms with Gasteiger partial charge in [-0.15, -0.1) is 0 Å². The zero-order chi connectivity index (χ0) is 16.8. The first-order valence-corrected chi connectivity index (χ1v) is 7.47. The second kappa shape index (κ2) is 5.13. The van der Waals surface area contributed by atoms with E-state index in [4.69, 9.17) is 4.74 Å². The number of hydrogen-bond acceptors (Lipinski definition) is 4. The van der Waals surface area contributed by atoms with Crippen molar-refractivity contribution in [2.75, 3.05) is 7.11 Å². The van der Waals surface area contributed by atoms with Crippen LogP contribution in [0.1, 0.15) is 5.56 Å². The summed E-state index contributed by atoms with van der Waals surface area (Å²) in [4.78, 5) is 23.0. The van der Waals surface area contributed by atoms with E-state index in [1.54, 1.807) is 12.1 Å². The van der Waals surface area contributed by atoms with Gasteiger partial charge in [-0.2, -0.15) is 0 Å². The molecule has 0 bridgehead atoms. The summed E-state index contributed by atoms with van der Waals surface area (Å²) in [7, 11) is 1.49. The third kappa shape index (κ3) is 2.04. The molecule has 0 unspecified atom stereocenters. The molecule has 6 nitrogen and oxygen atoms in total. The van der Waals surface area contributed by atoms with Gasteiger partial charge in [-0.05, 0) is 30.7 Å². The van der Waals surface area contributed by atoms with E-state index >= 15 is 0 Å². The van der Waals surface area contributed by atoms with E-state index in [1.807, 2.05) is 31.2 Å². The van der Waals surface area contributed by atoms with Gasteiger partial charge in [-0.25, -0.2) is 4.98 Å². The number of H-pyrrole nitrogens is 2. The Hall–Kier alpha value is -3.28. The van der Waals surface area contributed by atoms with Gasteiger partial charge >= 0.3 is 0 Å². The van der Waals surface area contributed by atoms with Crippen LogP contribution >= 0.6 is 0 Å². The van der Waals surface area contributed by atoms with Gasteiger partial charge in [0, 0.05) is 11.5 Å². The van der Waals surface area contributed by atoms with E-state index in [1.165, 1.54) is 7.11 Å². The van der Waals surface area contributed by atoms with Gasteiger partial charge in [0.25, 0.3) is 5.56 Å². The van der Waals surface area contributed by atoms with E-state index in [-0.39, 0.29) is 11.3 Å². The topological polar surface area (TPSA) is 91.0 Å². The highest BCUT2D eigenvalue weighted by atomic mass is 16.5. The predicted molar refractivity (Wildman–Crippen MR) is 92.6 cm³/mol. The fourth-order valence-electron chi connectivity index (χ4n) is 2.94. The summed E-state index contributed by atoms with van der Waals surface area (Å²) in [6.45, 7) is 1.89.